The summed E-state index contributed by atoms with van der Waals surface area (Å²) in [4.78, 5) is 28.3. The minimum absolute atomic E-state index is 0.00566. The third kappa shape index (κ3) is 8.32. The van der Waals surface area contributed by atoms with E-state index in [2.05, 4.69) is 20.9 Å². The van der Waals surface area contributed by atoms with Crippen LogP contribution >= 0.6 is 23.2 Å². The summed E-state index contributed by atoms with van der Waals surface area (Å²) in [5, 5.41) is 17.5. The van der Waals surface area contributed by atoms with Crippen molar-refractivity contribution in [2.45, 2.75) is 59.5 Å². The Balaban J connectivity index is 2.35. The lowest BCUT2D eigenvalue weighted by molar-refractivity contribution is -0.145. The van der Waals surface area contributed by atoms with Gasteiger partial charge in [-0.25, -0.2) is 9.37 Å². The zero-order valence-corrected chi connectivity index (χ0v) is 23.5. The molecule has 1 heterocycles. The van der Waals surface area contributed by atoms with E-state index in [1.807, 2.05) is 13.8 Å². The molecule has 1 radical (unpaired) electrons. The van der Waals surface area contributed by atoms with Crippen molar-refractivity contribution in [2.75, 3.05) is 18.5 Å². The molecule has 0 spiro atoms. The lowest BCUT2D eigenvalue weighted by Gasteiger charge is -2.26. The van der Waals surface area contributed by atoms with Crippen LogP contribution in [0.4, 0.5) is 10.2 Å². The number of ether oxygens (including phenoxy) is 3. The SMILES string of the molecule is CCOC(=O)C(C)N[C](Nc1nc(Cl)c(Oc2ccc(O)c(C(C)C)c2)c(Cl)c1F)NC(C)C(=O)OCC. The molecule has 0 bridgehead atoms. The molecule has 0 fully saturated rings. The average molecular weight is 574 g/mol. The zero-order chi connectivity index (χ0) is 28.6. The van der Waals surface area contributed by atoms with Gasteiger partial charge in [0.1, 0.15) is 28.6 Å². The van der Waals surface area contributed by atoms with E-state index in [0.717, 1.165) is 0 Å². The highest BCUT2D eigenvalue weighted by molar-refractivity contribution is 6.36. The number of esters is 2. The quantitative estimate of drug-likeness (QED) is 0.190. The number of benzene rings is 1. The van der Waals surface area contributed by atoms with Crippen molar-refractivity contribution >= 4 is 41.0 Å². The lowest BCUT2D eigenvalue weighted by atomic mass is 10.0. The number of hydrogen-bond donors (Lipinski definition) is 4. The number of aromatic hydroxyl groups is 1. The normalized spacial score (nSPS) is 12.8. The molecule has 0 amide bonds. The molecule has 0 aliphatic heterocycles. The van der Waals surface area contributed by atoms with Crippen LogP contribution in [-0.4, -0.2) is 47.3 Å². The van der Waals surface area contributed by atoms with Crippen molar-refractivity contribution in [3.05, 3.63) is 46.0 Å². The molecular weight excluding hydrogens is 542 g/mol. The highest BCUT2D eigenvalue weighted by atomic mass is 35.5. The topological polar surface area (TPSA) is 131 Å². The maximum Gasteiger partial charge on any atom is 0.322 e. The standard InChI is InChI=1S/C25H32Cl2FN4O6/c1-7-36-23(34)13(5)29-25(30-14(6)24(35)37-8-2)32-22-19(28)18(26)20(21(27)31-22)38-15-9-10-17(33)16(11-15)12(3)4/h9-14,29-30,33H,7-8H2,1-6H3,(H,31,32). The summed E-state index contributed by atoms with van der Waals surface area (Å²) >= 11 is 12.5. The molecule has 38 heavy (non-hydrogen) atoms. The van der Waals surface area contributed by atoms with Crippen molar-refractivity contribution in [3.63, 3.8) is 0 Å². The van der Waals surface area contributed by atoms with Crippen LogP contribution in [0.15, 0.2) is 18.2 Å². The Hall–Kier alpha value is -2.86. The smallest absolute Gasteiger partial charge is 0.322 e. The van der Waals surface area contributed by atoms with Crippen LogP contribution in [0.2, 0.25) is 10.2 Å². The molecule has 2 rings (SSSR count). The molecule has 1 aromatic carbocycles. The number of nitrogens with one attached hydrogen (secondary N) is 3. The van der Waals surface area contributed by atoms with Gasteiger partial charge in [-0.15, -0.1) is 0 Å². The van der Waals surface area contributed by atoms with Crippen LogP contribution in [0.1, 0.15) is 53.0 Å². The van der Waals surface area contributed by atoms with E-state index in [9.17, 15) is 14.7 Å². The first-order chi connectivity index (χ1) is 17.9. The van der Waals surface area contributed by atoms with Gasteiger partial charge in [-0.3, -0.25) is 20.2 Å². The molecule has 2 atom stereocenters. The number of carbonyl (C=O) groups is 2. The first kappa shape index (κ1) is 31.4. The average Bonchev–Trinajstić information content (AvgIpc) is 2.85. The van der Waals surface area contributed by atoms with E-state index in [0.29, 0.717) is 5.56 Å². The van der Waals surface area contributed by atoms with E-state index < -0.39 is 40.7 Å². The Morgan fingerprint density at radius 3 is 2.08 bits per heavy atom. The number of rotatable bonds is 13. The molecule has 209 valence electrons. The third-order valence-electron chi connectivity index (χ3n) is 5.08. The Morgan fingerprint density at radius 1 is 1.03 bits per heavy atom. The maximum atomic E-state index is 15.3. The van der Waals surface area contributed by atoms with Crippen LogP contribution in [-0.2, 0) is 19.1 Å². The van der Waals surface area contributed by atoms with Gasteiger partial charge in [0.15, 0.2) is 28.8 Å². The van der Waals surface area contributed by atoms with E-state index in [1.165, 1.54) is 26.0 Å². The van der Waals surface area contributed by atoms with Crippen molar-refractivity contribution in [3.8, 4) is 17.2 Å². The van der Waals surface area contributed by atoms with Gasteiger partial charge >= 0.3 is 11.9 Å². The Kier molecular flexibility index (Phi) is 11.8. The third-order valence-corrected chi connectivity index (χ3v) is 5.68. The summed E-state index contributed by atoms with van der Waals surface area (Å²) in [6.07, 6.45) is -0.0570. The maximum absolute atomic E-state index is 15.3. The first-order valence-corrected chi connectivity index (χ1v) is 12.7. The molecule has 13 heteroatoms. The number of phenolic OH excluding ortho intramolecular Hbond substituents is 1. The van der Waals surface area contributed by atoms with Crippen LogP contribution in [0.3, 0.4) is 0 Å². The second-order valence-corrected chi connectivity index (χ2v) is 9.16. The van der Waals surface area contributed by atoms with Crippen LogP contribution in [0, 0.1) is 12.1 Å². The van der Waals surface area contributed by atoms with Crippen LogP contribution in [0.25, 0.3) is 0 Å². The number of nitrogens with zero attached hydrogens (tertiary/aromatic N) is 1. The minimum atomic E-state index is -1.01. The van der Waals surface area contributed by atoms with Gasteiger partial charge in [-0.1, -0.05) is 37.0 Å². The fourth-order valence-electron chi connectivity index (χ4n) is 3.16. The number of phenols is 1. The van der Waals surface area contributed by atoms with E-state index in [-0.39, 0.29) is 47.8 Å². The van der Waals surface area contributed by atoms with Crippen molar-refractivity contribution in [1.29, 1.82) is 0 Å². The molecule has 4 N–H and O–H groups in total. The first-order valence-electron chi connectivity index (χ1n) is 11.9. The summed E-state index contributed by atoms with van der Waals surface area (Å²) in [5.41, 5.74) is 0.615. The largest absolute Gasteiger partial charge is 0.508 e. The van der Waals surface area contributed by atoms with Gasteiger partial charge in [0.25, 0.3) is 0 Å². The molecule has 10 nitrogen and oxygen atoms in total. The van der Waals surface area contributed by atoms with Crippen molar-refractivity contribution in [2.24, 2.45) is 0 Å². The lowest BCUT2D eigenvalue weighted by Crippen LogP contribution is -2.52. The molecule has 2 aromatic rings. The second-order valence-electron chi connectivity index (χ2n) is 8.42. The minimum Gasteiger partial charge on any atom is -0.508 e. The number of aromatic nitrogens is 1. The number of carbonyl (C=O) groups excluding carboxylic acids is 2. The Bertz CT molecular complexity index is 1110. The molecule has 0 aliphatic carbocycles. The van der Waals surface area contributed by atoms with Gasteiger partial charge in [0.2, 0.25) is 0 Å². The summed E-state index contributed by atoms with van der Waals surface area (Å²) in [7, 11) is 0. The molecule has 1 aromatic heterocycles. The van der Waals surface area contributed by atoms with Gasteiger partial charge in [-0.05, 0) is 51.8 Å². The highest BCUT2D eigenvalue weighted by Crippen LogP contribution is 2.40. The van der Waals surface area contributed by atoms with Gasteiger partial charge in [-0.2, -0.15) is 0 Å². The van der Waals surface area contributed by atoms with Crippen LogP contribution in [0.5, 0.6) is 17.2 Å². The number of halogens is 3. The second kappa shape index (κ2) is 14.3. The molecule has 0 saturated heterocycles. The van der Waals surface area contributed by atoms with Gasteiger partial charge in [0.05, 0.1) is 13.2 Å². The summed E-state index contributed by atoms with van der Waals surface area (Å²) in [6, 6.07) is 2.73. The van der Waals surface area contributed by atoms with E-state index in [1.54, 1.807) is 19.9 Å². The van der Waals surface area contributed by atoms with Crippen LogP contribution < -0.4 is 20.7 Å². The fraction of sp³-hybridized carbons (Fsp3) is 0.440. The molecular formula is C25H32Cl2FN4O6. The van der Waals surface area contributed by atoms with Gasteiger partial charge in [0, 0.05) is 5.56 Å². The number of pyridine rings is 1. The highest BCUT2D eigenvalue weighted by Gasteiger charge is 2.28. The Labute approximate surface area is 231 Å². The van der Waals surface area contributed by atoms with Crippen molar-refractivity contribution in [1.82, 2.24) is 15.6 Å². The fourth-order valence-corrected chi connectivity index (χ4v) is 3.64. The summed E-state index contributed by atoms with van der Waals surface area (Å²) in [5.74, 6) is -2.48. The number of anilines is 1. The van der Waals surface area contributed by atoms with E-state index >= 15 is 4.39 Å². The number of hydrogen-bond acceptors (Lipinski definition) is 10. The Morgan fingerprint density at radius 2 is 1.58 bits per heavy atom. The predicted octanol–water partition coefficient (Wildman–Crippen LogP) is 5.09. The summed E-state index contributed by atoms with van der Waals surface area (Å²) in [6.45, 7) is 10.4. The monoisotopic (exact) mass is 573 g/mol. The van der Waals surface area contributed by atoms with Crippen molar-refractivity contribution < 1.29 is 33.3 Å². The molecule has 0 saturated carbocycles. The van der Waals surface area contributed by atoms with Gasteiger partial charge < -0.3 is 24.6 Å². The summed E-state index contributed by atoms with van der Waals surface area (Å²) < 4.78 is 31.0. The predicted molar refractivity (Wildman–Crippen MR) is 142 cm³/mol. The molecule has 0 aliphatic rings. The zero-order valence-electron chi connectivity index (χ0n) is 21.9. The molecule has 2 unspecified atom stereocenters. The van der Waals surface area contributed by atoms with E-state index in [4.69, 9.17) is 37.4 Å².